The molecule has 0 aromatic carbocycles. The van der Waals surface area contributed by atoms with Crippen molar-refractivity contribution < 1.29 is 4.79 Å². The minimum absolute atomic E-state index is 0.114. The second-order valence-corrected chi connectivity index (χ2v) is 5.56. The van der Waals surface area contributed by atoms with Gasteiger partial charge in [0.1, 0.15) is 11.5 Å². The van der Waals surface area contributed by atoms with E-state index in [0.717, 1.165) is 19.4 Å². The normalized spacial score (nSPS) is 26.1. The molecule has 6 nitrogen and oxygen atoms in total. The van der Waals surface area contributed by atoms with Gasteiger partial charge >= 0.3 is 0 Å². The van der Waals surface area contributed by atoms with E-state index < -0.39 is 0 Å². The molecule has 3 heterocycles. The molecule has 0 saturated carbocycles. The Balaban J connectivity index is 1.58. The predicted octanol–water partition coefficient (Wildman–Crippen LogP) is 0.875. The summed E-state index contributed by atoms with van der Waals surface area (Å²) in [4.78, 5) is 23.0. The molecule has 108 valence electrons. The monoisotopic (exact) mass is 275 g/mol. The zero-order valence-corrected chi connectivity index (χ0v) is 11.8. The maximum absolute atomic E-state index is 12.2. The first-order valence-corrected chi connectivity index (χ1v) is 7.31. The predicted molar refractivity (Wildman–Crippen MR) is 76.7 cm³/mol. The highest BCUT2D eigenvalue weighted by Gasteiger charge is 2.32. The minimum atomic E-state index is -0.114. The Labute approximate surface area is 119 Å². The van der Waals surface area contributed by atoms with Crippen molar-refractivity contribution in [1.29, 1.82) is 0 Å². The van der Waals surface area contributed by atoms with E-state index in [1.807, 2.05) is 0 Å². The lowest BCUT2D eigenvalue weighted by atomic mass is 9.97. The molecule has 20 heavy (non-hydrogen) atoms. The quantitative estimate of drug-likeness (QED) is 0.857. The fraction of sp³-hybridized carbons (Fsp3) is 0.643. The number of nitrogens with one attached hydrogen (secondary N) is 2. The van der Waals surface area contributed by atoms with Gasteiger partial charge in [0.15, 0.2) is 0 Å². The fourth-order valence-corrected chi connectivity index (χ4v) is 3.19. The van der Waals surface area contributed by atoms with Crippen LogP contribution in [0.2, 0.25) is 0 Å². The van der Waals surface area contributed by atoms with E-state index in [9.17, 15) is 4.79 Å². The number of hydrogen-bond donors (Lipinski definition) is 2. The number of carbonyl (C=O) groups excluding carboxylic acids is 1. The van der Waals surface area contributed by atoms with Crippen LogP contribution in [0.15, 0.2) is 12.4 Å². The van der Waals surface area contributed by atoms with Crippen molar-refractivity contribution in [2.24, 2.45) is 0 Å². The number of piperidine rings is 1. The van der Waals surface area contributed by atoms with Crippen LogP contribution in [0.4, 0.5) is 5.82 Å². The van der Waals surface area contributed by atoms with Gasteiger partial charge in [-0.05, 0) is 32.2 Å². The molecule has 6 heteroatoms. The van der Waals surface area contributed by atoms with Crippen molar-refractivity contribution >= 4 is 11.7 Å². The number of fused-ring (bicyclic) bond motifs is 1. The van der Waals surface area contributed by atoms with Gasteiger partial charge in [0.2, 0.25) is 0 Å². The fourth-order valence-electron chi connectivity index (χ4n) is 3.19. The van der Waals surface area contributed by atoms with E-state index in [0.29, 0.717) is 17.6 Å². The first kappa shape index (κ1) is 13.3. The molecular weight excluding hydrogens is 254 g/mol. The molecule has 0 bridgehead atoms. The first-order valence-electron chi connectivity index (χ1n) is 7.31. The molecule has 2 atom stereocenters. The van der Waals surface area contributed by atoms with Gasteiger partial charge in [-0.2, -0.15) is 0 Å². The number of hydrogen-bond acceptors (Lipinski definition) is 5. The highest BCUT2D eigenvalue weighted by Crippen LogP contribution is 2.26. The number of rotatable bonds is 3. The van der Waals surface area contributed by atoms with Gasteiger partial charge < -0.3 is 15.5 Å². The highest BCUT2D eigenvalue weighted by molar-refractivity contribution is 5.92. The average Bonchev–Trinajstić information content (AvgIpc) is 2.95. The van der Waals surface area contributed by atoms with Crippen molar-refractivity contribution in [2.45, 2.75) is 37.8 Å². The first-order chi connectivity index (χ1) is 9.76. The maximum atomic E-state index is 12.2. The van der Waals surface area contributed by atoms with Crippen LogP contribution in [0.3, 0.4) is 0 Å². The molecule has 1 amide bonds. The Hall–Kier alpha value is -1.69. The van der Waals surface area contributed by atoms with Crippen LogP contribution in [-0.2, 0) is 0 Å². The van der Waals surface area contributed by atoms with Gasteiger partial charge in [-0.15, -0.1) is 0 Å². The average molecular weight is 275 g/mol. The summed E-state index contributed by atoms with van der Waals surface area (Å²) in [6.45, 7) is 2.32. The van der Waals surface area contributed by atoms with Crippen molar-refractivity contribution in [2.75, 3.05) is 25.5 Å². The van der Waals surface area contributed by atoms with Gasteiger partial charge in [0.05, 0.1) is 12.4 Å². The Morgan fingerprint density at radius 1 is 1.30 bits per heavy atom. The van der Waals surface area contributed by atoms with Gasteiger partial charge in [-0.3, -0.25) is 4.79 Å². The topological polar surface area (TPSA) is 70.2 Å². The van der Waals surface area contributed by atoms with Crippen LogP contribution < -0.4 is 10.6 Å². The third kappa shape index (κ3) is 2.75. The molecule has 0 radical (unpaired) electrons. The zero-order chi connectivity index (χ0) is 13.9. The van der Waals surface area contributed by atoms with Crippen molar-refractivity contribution in [1.82, 2.24) is 20.2 Å². The summed E-state index contributed by atoms with van der Waals surface area (Å²) in [7, 11) is 1.78. The third-order valence-electron chi connectivity index (χ3n) is 4.30. The lowest BCUT2D eigenvalue weighted by molar-refractivity contribution is 0.0891. The molecule has 0 aliphatic carbocycles. The third-order valence-corrected chi connectivity index (χ3v) is 4.30. The minimum Gasteiger partial charge on any atom is -0.372 e. The summed E-state index contributed by atoms with van der Waals surface area (Å²) in [6.07, 6.45) is 7.75. The lowest BCUT2D eigenvalue weighted by Gasteiger charge is -2.35. The Morgan fingerprint density at radius 2 is 2.20 bits per heavy atom. The summed E-state index contributed by atoms with van der Waals surface area (Å²) in [6, 6.07) is 0.930. The van der Waals surface area contributed by atoms with Crippen LogP contribution in [-0.4, -0.2) is 53.0 Å². The van der Waals surface area contributed by atoms with E-state index >= 15 is 0 Å². The van der Waals surface area contributed by atoms with Crippen LogP contribution >= 0.6 is 0 Å². The standard InChI is InChI=1S/C14H21N5O/c1-15-13-9-16-12(8-17-13)14(20)18-10-4-6-19-5-2-3-11(19)7-10/h8-11H,2-7H2,1H3,(H,15,17)(H,18,20). The lowest BCUT2D eigenvalue weighted by Crippen LogP contribution is -2.47. The zero-order valence-electron chi connectivity index (χ0n) is 11.8. The van der Waals surface area contributed by atoms with Crippen molar-refractivity contribution in [3.05, 3.63) is 18.1 Å². The van der Waals surface area contributed by atoms with E-state index in [4.69, 9.17) is 0 Å². The largest absolute Gasteiger partial charge is 0.372 e. The van der Waals surface area contributed by atoms with Crippen LogP contribution in [0.5, 0.6) is 0 Å². The van der Waals surface area contributed by atoms with E-state index in [1.165, 1.54) is 25.6 Å². The van der Waals surface area contributed by atoms with Gasteiger partial charge in [-0.1, -0.05) is 0 Å². The second kappa shape index (κ2) is 5.75. The summed E-state index contributed by atoms with van der Waals surface area (Å²) in [5.41, 5.74) is 0.387. The molecule has 2 fully saturated rings. The Morgan fingerprint density at radius 3 is 2.95 bits per heavy atom. The molecule has 1 aromatic heterocycles. The summed E-state index contributed by atoms with van der Waals surface area (Å²) < 4.78 is 0. The van der Waals surface area contributed by atoms with E-state index in [-0.39, 0.29) is 11.9 Å². The van der Waals surface area contributed by atoms with Crippen molar-refractivity contribution in [3.63, 3.8) is 0 Å². The Kier molecular flexibility index (Phi) is 3.82. The summed E-state index contributed by atoms with van der Waals surface area (Å²) >= 11 is 0. The smallest absolute Gasteiger partial charge is 0.271 e. The molecule has 2 N–H and O–H groups in total. The summed E-state index contributed by atoms with van der Waals surface area (Å²) in [5, 5.41) is 5.99. The highest BCUT2D eigenvalue weighted by atomic mass is 16.1. The number of anilines is 1. The van der Waals surface area contributed by atoms with Crippen molar-refractivity contribution in [3.8, 4) is 0 Å². The molecule has 2 aliphatic heterocycles. The molecular formula is C14H21N5O. The van der Waals surface area contributed by atoms with Crippen LogP contribution in [0.25, 0.3) is 0 Å². The van der Waals surface area contributed by atoms with Crippen LogP contribution in [0, 0.1) is 0 Å². The van der Waals surface area contributed by atoms with Gasteiger partial charge in [0.25, 0.3) is 5.91 Å². The molecule has 2 aliphatic rings. The summed E-state index contributed by atoms with van der Waals surface area (Å²) in [5.74, 6) is 0.553. The Bertz CT molecular complexity index is 475. The molecule has 1 aromatic rings. The van der Waals surface area contributed by atoms with E-state index in [1.54, 1.807) is 13.2 Å². The van der Waals surface area contributed by atoms with E-state index in [2.05, 4.69) is 25.5 Å². The maximum Gasteiger partial charge on any atom is 0.271 e. The number of carbonyl (C=O) groups is 1. The van der Waals surface area contributed by atoms with Crippen LogP contribution in [0.1, 0.15) is 36.2 Å². The number of amides is 1. The second-order valence-electron chi connectivity index (χ2n) is 5.56. The van der Waals surface area contributed by atoms with Gasteiger partial charge in [-0.25, -0.2) is 9.97 Å². The number of aromatic nitrogens is 2. The van der Waals surface area contributed by atoms with Gasteiger partial charge in [0, 0.05) is 25.7 Å². The molecule has 2 saturated heterocycles. The molecule has 3 rings (SSSR count). The number of nitrogens with zero attached hydrogens (tertiary/aromatic N) is 3. The molecule has 2 unspecified atom stereocenters. The SMILES string of the molecule is CNc1cnc(C(=O)NC2CCN3CCCC3C2)cn1. The molecule has 0 spiro atoms.